The van der Waals surface area contributed by atoms with Crippen molar-refractivity contribution in [1.82, 2.24) is 4.98 Å². The maximum Gasteiger partial charge on any atom is 0.143 e. The maximum atomic E-state index is 5.81. The van der Waals surface area contributed by atoms with E-state index in [1.54, 1.807) is 12.3 Å². The number of fused-ring (bicyclic) bond motifs is 1. The van der Waals surface area contributed by atoms with Crippen LogP contribution in [0.15, 0.2) is 12.3 Å². The van der Waals surface area contributed by atoms with Crippen LogP contribution in [0.3, 0.4) is 0 Å². The number of halogens is 1. The van der Waals surface area contributed by atoms with Gasteiger partial charge in [0.2, 0.25) is 0 Å². The van der Waals surface area contributed by atoms with Crippen LogP contribution in [0.25, 0.3) is 0 Å². The van der Waals surface area contributed by atoms with E-state index in [1.165, 1.54) is 0 Å². The van der Waals surface area contributed by atoms with Gasteiger partial charge >= 0.3 is 0 Å². The molecule has 0 aliphatic carbocycles. The van der Waals surface area contributed by atoms with Crippen LogP contribution in [0.2, 0.25) is 5.02 Å². The van der Waals surface area contributed by atoms with Crippen LogP contribution >= 0.6 is 11.6 Å². The van der Waals surface area contributed by atoms with Crippen molar-refractivity contribution in [2.24, 2.45) is 5.73 Å². The first kappa shape index (κ1) is 7.83. The number of pyridine rings is 1. The molecule has 0 spiro atoms. The fraction of sp³-hybridized carbons (Fsp3) is 0.375. The van der Waals surface area contributed by atoms with Gasteiger partial charge in [-0.2, -0.15) is 0 Å². The highest BCUT2D eigenvalue weighted by molar-refractivity contribution is 6.30. The molecule has 1 aromatic rings. The van der Waals surface area contributed by atoms with Gasteiger partial charge < -0.3 is 10.5 Å². The number of nitrogens with zero attached hydrogens (tertiary/aromatic N) is 1. The van der Waals surface area contributed by atoms with Crippen LogP contribution < -0.4 is 10.5 Å². The molecule has 2 rings (SSSR count). The van der Waals surface area contributed by atoms with Crippen LogP contribution in [-0.2, 0) is 0 Å². The van der Waals surface area contributed by atoms with E-state index in [1.807, 2.05) is 0 Å². The van der Waals surface area contributed by atoms with E-state index in [0.717, 1.165) is 17.9 Å². The lowest BCUT2D eigenvalue weighted by atomic mass is 10.1. The molecule has 12 heavy (non-hydrogen) atoms. The standard InChI is InChI=1S/C8H9ClN2O/c9-5-3-7-8(11-4-5)6(10)1-2-12-7/h3-4,6H,1-2,10H2. The van der Waals surface area contributed by atoms with Crippen LogP contribution in [0.5, 0.6) is 5.75 Å². The third-order valence-electron chi connectivity index (χ3n) is 1.89. The molecule has 0 amide bonds. The molecule has 1 aliphatic rings. The van der Waals surface area contributed by atoms with Crippen molar-refractivity contribution in [3.63, 3.8) is 0 Å². The van der Waals surface area contributed by atoms with Crippen molar-refractivity contribution in [2.75, 3.05) is 6.61 Å². The molecule has 2 heterocycles. The maximum absolute atomic E-state index is 5.81. The Hall–Kier alpha value is -0.800. The van der Waals surface area contributed by atoms with E-state index in [2.05, 4.69) is 4.98 Å². The average molecular weight is 185 g/mol. The zero-order valence-electron chi connectivity index (χ0n) is 6.46. The molecule has 0 saturated heterocycles. The van der Waals surface area contributed by atoms with E-state index in [0.29, 0.717) is 11.6 Å². The van der Waals surface area contributed by atoms with Gasteiger partial charge in [0.25, 0.3) is 0 Å². The van der Waals surface area contributed by atoms with Gasteiger partial charge in [-0.05, 0) is 0 Å². The van der Waals surface area contributed by atoms with Crippen molar-refractivity contribution < 1.29 is 4.74 Å². The first-order valence-electron chi connectivity index (χ1n) is 3.81. The highest BCUT2D eigenvalue weighted by Crippen LogP contribution is 2.30. The summed E-state index contributed by atoms with van der Waals surface area (Å²) in [6, 6.07) is 1.74. The molecule has 0 bridgehead atoms. The Labute approximate surface area is 75.5 Å². The van der Waals surface area contributed by atoms with Gasteiger partial charge in [-0.3, -0.25) is 4.98 Å². The zero-order chi connectivity index (χ0) is 8.55. The summed E-state index contributed by atoms with van der Waals surface area (Å²) < 4.78 is 5.35. The Balaban J connectivity index is 2.46. The summed E-state index contributed by atoms with van der Waals surface area (Å²) in [5, 5.41) is 0.586. The fourth-order valence-electron chi connectivity index (χ4n) is 1.26. The number of hydrogen-bond acceptors (Lipinski definition) is 3. The number of rotatable bonds is 0. The number of ether oxygens (including phenoxy) is 1. The third-order valence-corrected chi connectivity index (χ3v) is 2.09. The molecule has 3 nitrogen and oxygen atoms in total. The van der Waals surface area contributed by atoms with E-state index < -0.39 is 0 Å². The normalized spacial score (nSPS) is 21.3. The summed E-state index contributed by atoms with van der Waals surface area (Å²) in [5.41, 5.74) is 6.62. The topological polar surface area (TPSA) is 48.1 Å². The van der Waals surface area contributed by atoms with Crippen molar-refractivity contribution in [3.05, 3.63) is 23.0 Å². The van der Waals surface area contributed by atoms with E-state index >= 15 is 0 Å². The molecule has 0 saturated carbocycles. The van der Waals surface area contributed by atoms with E-state index in [-0.39, 0.29) is 6.04 Å². The number of hydrogen-bond donors (Lipinski definition) is 1. The molecule has 0 fully saturated rings. The molecule has 1 unspecified atom stereocenters. The van der Waals surface area contributed by atoms with Gasteiger partial charge in [0.05, 0.1) is 23.4 Å². The highest BCUT2D eigenvalue weighted by Gasteiger charge is 2.19. The van der Waals surface area contributed by atoms with Gasteiger partial charge in [0, 0.05) is 18.7 Å². The Kier molecular flexibility index (Phi) is 1.90. The average Bonchev–Trinajstić information content (AvgIpc) is 2.04. The second-order valence-electron chi connectivity index (χ2n) is 2.78. The van der Waals surface area contributed by atoms with Crippen LogP contribution in [0.1, 0.15) is 18.2 Å². The van der Waals surface area contributed by atoms with E-state index in [9.17, 15) is 0 Å². The van der Waals surface area contributed by atoms with Crippen molar-refractivity contribution in [3.8, 4) is 5.75 Å². The minimum atomic E-state index is -0.00832. The summed E-state index contributed by atoms with van der Waals surface area (Å²) in [7, 11) is 0. The quantitative estimate of drug-likeness (QED) is 0.665. The summed E-state index contributed by atoms with van der Waals surface area (Å²) in [5.74, 6) is 0.723. The first-order chi connectivity index (χ1) is 5.77. The SMILES string of the molecule is NC1CCOc2cc(Cl)cnc21. The largest absolute Gasteiger partial charge is 0.491 e. The van der Waals surface area contributed by atoms with Gasteiger partial charge in [-0.25, -0.2) is 0 Å². The Morgan fingerprint density at radius 3 is 3.33 bits per heavy atom. The number of aromatic nitrogens is 1. The first-order valence-corrected chi connectivity index (χ1v) is 4.19. The summed E-state index contributed by atoms with van der Waals surface area (Å²) in [6.07, 6.45) is 2.41. The molecule has 1 aliphatic heterocycles. The monoisotopic (exact) mass is 184 g/mol. The van der Waals surface area contributed by atoms with Crippen LogP contribution in [0, 0.1) is 0 Å². The summed E-state index contributed by atoms with van der Waals surface area (Å²) >= 11 is 5.74. The van der Waals surface area contributed by atoms with Gasteiger partial charge in [0.1, 0.15) is 5.75 Å². The van der Waals surface area contributed by atoms with E-state index in [4.69, 9.17) is 22.1 Å². The lowest BCUT2D eigenvalue weighted by Gasteiger charge is -2.21. The van der Waals surface area contributed by atoms with Gasteiger partial charge in [-0.15, -0.1) is 0 Å². The van der Waals surface area contributed by atoms with Crippen molar-refractivity contribution >= 4 is 11.6 Å². The molecule has 2 N–H and O–H groups in total. The Morgan fingerprint density at radius 1 is 1.67 bits per heavy atom. The lowest BCUT2D eigenvalue weighted by Crippen LogP contribution is -2.21. The smallest absolute Gasteiger partial charge is 0.143 e. The minimum absolute atomic E-state index is 0.00832. The summed E-state index contributed by atoms with van der Waals surface area (Å²) in [6.45, 7) is 0.649. The molecule has 0 radical (unpaired) electrons. The van der Waals surface area contributed by atoms with Crippen LogP contribution in [-0.4, -0.2) is 11.6 Å². The minimum Gasteiger partial charge on any atom is -0.491 e. The van der Waals surface area contributed by atoms with Gasteiger partial charge in [-0.1, -0.05) is 11.6 Å². The van der Waals surface area contributed by atoms with Crippen LogP contribution in [0.4, 0.5) is 0 Å². The second-order valence-corrected chi connectivity index (χ2v) is 3.22. The number of nitrogens with two attached hydrogens (primary N) is 1. The predicted octanol–water partition coefficient (Wildman–Crippen LogP) is 1.52. The molecule has 64 valence electrons. The highest BCUT2D eigenvalue weighted by atomic mass is 35.5. The lowest BCUT2D eigenvalue weighted by molar-refractivity contribution is 0.265. The molecule has 1 aromatic heterocycles. The Bertz CT molecular complexity index is 303. The molecule has 0 aromatic carbocycles. The third kappa shape index (κ3) is 1.26. The molecular weight excluding hydrogens is 176 g/mol. The molecule has 1 atom stereocenters. The van der Waals surface area contributed by atoms with Gasteiger partial charge in [0.15, 0.2) is 0 Å². The molecule has 4 heteroatoms. The Morgan fingerprint density at radius 2 is 2.50 bits per heavy atom. The predicted molar refractivity (Wildman–Crippen MR) is 46.3 cm³/mol. The zero-order valence-corrected chi connectivity index (χ0v) is 7.21. The summed E-state index contributed by atoms with van der Waals surface area (Å²) in [4.78, 5) is 4.12. The van der Waals surface area contributed by atoms with Crippen molar-refractivity contribution in [2.45, 2.75) is 12.5 Å². The molecular formula is C8H9ClN2O. The van der Waals surface area contributed by atoms with Crippen molar-refractivity contribution in [1.29, 1.82) is 0 Å². The fourth-order valence-corrected chi connectivity index (χ4v) is 1.41. The second kappa shape index (κ2) is 2.92.